The second-order valence-corrected chi connectivity index (χ2v) is 8.76. The number of fused-ring (bicyclic) bond motifs is 1. The third kappa shape index (κ3) is 4.04. The second-order valence-electron chi connectivity index (χ2n) is 6.53. The molecule has 0 radical (unpaired) electrons. The minimum absolute atomic E-state index is 0.00578. The van der Waals surface area contributed by atoms with Crippen LogP contribution in [-0.2, 0) is 19.4 Å². The van der Waals surface area contributed by atoms with Crippen LogP contribution in [0.1, 0.15) is 29.6 Å². The molecule has 0 saturated carbocycles. The van der Waals surface area contributed by atoms with Crippen molar-refractivity contribution >= 4 is 33.1 Å². The molecule has 2 aliphatic rings. The van der Waals surface area contributed by atoms with Crippen LogP contribution in [0, 0.1) is 0 Å². The molecule has 0 aliphatic carbocycles. The summed E-state index contributed by atoms with van der Waals surface area (Å²) >= 11 is 0. The van der Waals surface area contributed by atoms with Crippen LogP contribution in [0.15, 0.2) is 18.2 Å². The lowest BCUT2D eigenvalue weighted by Gasteiger charge is -2.23. The average Bonchev–Trinajstić information content (AvgIpc) is 2.97. The largest absolute Gasteiger partial charge is 0.482 e. The summed E-state index contributed by atoms with van der Waals surface area (Å²) in [6, 6.07) is 4.42. The van der Waals surface area contributed by atoms with Crippen LogP contribution in [0.2, 0.25) is 0 Å². The molecule has 0 spiro atoms. The number of benzene rings is 1. The van der Waals surface area contributed by atoms with Gasteiger partial charge in [-0.15, -0.1) is 0 Å². The Hall–Kier alpha value is -2.42. The van der Waals surface area contributed by atoms with Crippen molar-refractivity contribution in [3.05, 3.63) is 23.8 Å². The lowest BCUT2D eigenvalue weighted by molar-refractivity contribution is -0.131. The Morgan fingerprint density at radius 2 is 2.08 bits per heavy atom. The predicted molar refractivity (Wildman–Crippen MR) is 94.0 cm³/mol. The molecule has 1 aromatic carbocycles. The maximum Gasteiger partial charge on any atom is 0.262 e. The van der Waals surface area contributed by atoms with Gasteiger partial charge >= 0.3 is 0 Å². The van der Waals surface area contributed by atoms with Gasteiger partial charge in [-0.05, 0) is 24.6 Å². The van der Waals surface area contributed by atoms with Crippen molar-refractivity contribution in [3.63, 3.8) is 0 Å². The zero-order chi connectivity index (χ0) is 18.9. The van der Waals surface area contributed by atoms with Crippen molar-refractivity contribution in [1.82, 2.24) is 4.90 Å². The van der Waals surface area contributed by atoms with E-state index in [-0.39, 0.29) is 54.6 Å². The first-order valence-corrected chi connectivity index (χ1v) is 10.1. The van der Waals surface area contributed by atoms with Crippen LogP contribution in [0.3, 0.4) is 0 Å². The standard InChI is InChI=1S/C17H20N2O6S/c1-19(12-6-7-26(23,24)10-12)17(22)5-3-14(20)11-2-4-15-13(8-11)18-16(21)9-25-15/h2,4,8,12H,3,5-7,9-10H2,1H3,(H,18,21). The molecule has 140 valence electrons. The van der Waals surface area contributed by atoms with Crippen LogP contribution in [0.4, 0.5) is 5.69 Å². The average molecular weight is 380 g/mol. The number of rotatable bonds is 5. The molecular formula is C17H20N2O6S. The highest BCUT2D eigenvalue weighted by Gasteiger charge is 2.32. The zero-order valence-electron chi connectivity index (χ0n) is 14.4. The SMILES string of the molecule is CN(C(=O)CCC(=O)c1ccc2c(c1)NC(=O)CO2)C1CCS(=O)(=O)C1. The van der Waals surface area contributed by atoms with E-state index in [0.717, 1.165) is 0 Å². The van der Waals surface area contributed by atoms with Gasteiger partial charge < -0.3 is 15.0 Å². The number of hydrogen-bond donors (Lipinski definition) is 1. The maximum atomic E-state index is 12.3. The molecule has 0 bridgehead atoms. The smallest absolute Gasteiger partial charge is 0.262 e. The Bertz CT molecular complexity index is 864. The zero-order valence-corrected chi connectivity index (χ0v) is 15.2. The molecule has 2 heterocycles. The number of Topliss-reactive ketones (excluding diaryl/α,β-unsaturated/α-hetero) is 1. The van der Waals surface area contributed by atoms with Crippen LogP contribution < -0.4 is 10.1 Å². The number of carbonyl (C=O) groups excluding carboxylic acids is 3. The Kier molecular flexibility index (Phi) is 4.99. The van der Waals surface area contributed by atoms with Gasteiger partial charge in [-0.25, -0.2) is 8.42 Å². The van der Waals surface area contributed by atoms with E-state index in [1.165, 1.54) is 11.0 Å². The van der Waals surface area contributed by atoms with Crippen LogP contribution in [0.25, 0.3) is 0 Å². The summed E-state index contributed by atoms with van der Waals surface area (Å²) in [5.41, 5.74) is 0.820. The maximum absolute atomic E-state index is 12.3. The highest BCUT2D eigenvalue weighted by atomic mass is 32.2. The van der Waals surface area contributed by atoms with Gasteiger partial charge in [0.15, 0.2) is 22.2 Å². The quantitative estimate of drug-likeness (QED) is 0.750. The lowest BCUT2D eigenvalue weighted by Crippen LogP contribution is -2.37. The minimum Gasteiger partial charge on any atom is -0.482 e. The summed E-state index contributed by atoms with van der Waals surface area (Å²) in [6.45, 7) is -0.0575. The number of nitrogens with one attached hydrogen (secondary N) is 1. The molecule has 1 atom stereocenters. The van der Waals surface area contributed by atoms with Crippen molar-refractivity contribution in [2.24, 2.45) is 0 Å². The number of carbonyl (C=O) groups is 3. The molecule has 1 unspecified atom stereocenters. The number of ether oxygens (including phenoxy) is 1. The van der Waals surface area contributed by atoms with Crippen LogP contribution in [-0.4, -0.2) is 62.1 Å². The molecular weight excluding hydrogens is 360 g/mol. The minimum atomic E-state index is -3.07. The molecule has 1 aromatic rings. The highest BCUT2D eigenvalue weighted by Crippen LogP contribution is 2.29. The summed E-state index contributed by atoms with van der Waals surface area (Å²) in [6.07, 6.45) is 0.450. The van der Waals surface area contributed by atoms with Gasteiger partial charge in [0.25, 0.3) is 5.91 Å². The molecule has 1 saturated heterocycles. The van der Waals surface area contributed by atoms with Gasteiger partial charge in [-0.3, -0.25) is 14.4 Å². The molecule has 3 rings (SSSR count). The predicted octanol–water partition coefficient (Wildman–Crippen LogP) is 0.626. The van der Waals surface area contributed by atoms with Gasteiger partial charge in [0.1, 0.15) is 5.75 Å². The Morgan fingerprint density at radius 3 is 2.77 bits per heavy atom. The van der Waals surface area contributed by atoms with Gasteiger partial charge in [-0.2, -0.15) is 0 Å². The van der Waals surface area contributed by atoms with Crippen LogP contribution in [0.5, 0.6) is 5.75 Å². The summed E-state index contributed by atoms with van der Waals surface area (Å²) in [5.74, 6) is -0.196. The summed E-state index contributed by atoms with van der Waals surface area (Å²) < 4.78 is 28.3. The first-order chi connectivity index (χ1) is 12.2. The highest BCUT2D eigenvalue weighted by molar-refractivity contribution is 7.91. The third-order valence-electron chi connectivity index (χ3n) is 4.65. The van der Waals surface area contributed by atoms with Crippen molar-refractivity contribution in [1.29, 1.82) is 0 Å². The molecule has 26 heavy (non-hydrogen) atoms. The molecule has 0 aromatic heterocycles. The van der Waals surface area contributed by atoms with E-state index in [1.807, 2.05) is 0 Å². The van der Waals surface area contributed by atoms with E-state index < -0.39 is 9.84 Å². The summed E-state index contributed by atoms with van der Waals surface area (Å²) in [7, 11) is -1.50. The third-order valence-corrected chi connectivity index (χ3v) is 6.40. The fourth-order valence-corrected chi connectivity index (χ4v) is 4.86. The van der Waals surface area contributed by atoms with E-state index in [4.69, 9.17) is 4.74 Å². The van der Waals surface area contributed by atoms with Crippen molar-refractivity contribution < 1.29 is 27.5 Å². The first-order valence-electron chi connectivity index (χ1n) is 8.31. The fraction of sp³-hybridized carbons (Fsp3) is 0.471. The van der Waals surface area contributed by atoms with E-state index in [1.54, 1.807) is 19.2 Å². The van der Waals surface area contributed by atoms with Crippen molar-refractivity contribution in [2.75, 3.05) is 30.5 Å². The lowest BCUT2D eigenvalue weighted by atomic mass is 10.0. The number of ketones is 1. The van der Waals surface area contributed by atoms with E-state index in [2.05, 4.69) is 5.32 Å². The van der Waals surface area contributed by atoms with E-state index >= 15 is 0 Å². The molecule has 1 N–H and O–H groups in total. The van der Waals surface area contributed by atoms with Crippen LogP contribution >= 0.6 is 0 Å². The number of sulfone groups is 1. The number of nitrogens with zero attached hydrogens (tertiary/aromatic N) is 1. The van der Waals surface area contributed by atoms with Gasteiger partial charge in [0.05, 0.1) is 17.2 Å². The number of amides is 2. The van der Waals surface area contributed by atoms with Gasteiger partial charge in [0, 0.05) is 31.5 Å². The molecule has 9 heteroatoms. The Labute approximate surface area is 151 Å². The Morgan fingerprint density at radius 1 is 1.31 bits per heavy atom. The molecule has 2 amide bonds. The topological polar surface area (TPSA) is 110 Å². The molecule has 8 nitrogen and oxygen atoms in total. The Balaban J connectivity index is 1.58. The van der Waals surface area contributed by atoms with Gasteiger partial charge in [-0.1, -0.05) is 0 Å². The number of hydrogen-bond acceptors (Lipinski definition) is 6. The van der Waals surface area contributed by atoms with Crippen molar-refractivity contribution in [3.8, 4) is 5.75 Å². The molecule has 1 fully saturated rings. The van der Waals surface area contributed by atoms with E-state index in [9.17, 15) is 22.8 Å². The normalized spacial score (nSPS) is 20.7. The molecule has 2 aliphatic heterocycles. The fourth-order valence-electron chi connectivity index (χ4n) is 3.08. The van der Waals surface area contributed by atoms with E-state index in [0.29, 0.717) is 23.4 Å². The summed E-state index contributed by atoms with van der Waals surface area (Å²) in [4.78, 5) is 37.4. The summed E-state index contributed by atoms with van der Waals surface area (Å²) in [5, 5.41) is 2.63. The van der Waals surface area contributed by atoms with Crippen molar-refractivity contribution in [2.45, 2.75) is 25.3 Å². The number of anilines is 1. The first kappa shape index (κ1) is 18.4. The second kappa shape index (κ2) is 7.06. The van der Waals surface area contributed by atoms with Gasteiger partial charge in [0.2, 0.25) is 5.91 Å². The monoisotopic (exact) mass is 380 g/mol.